The molecule has 0 radical (unpaired) electrons. The van der Waals surface area contributed by atoms with Crippen LogP contribution in [0.5, 0.6) is 0 Å². The molecule has 1 saturated carbocycles. The normalized spacial score (nSPS) is 21.1. The van der Waals surface area contributed by atoms with Crippen LogP contribution in [0.4, 0.5) is 5.69 Å². The molecule has 0 aromatic heterocycles. The first-order valence-corrected chi connectivity index (χ1v) is 9.83. The minimum Gasteiger partial charge on any atom is -0.481 e. The van der Waals surface area contributed by atoms with Crippen LogP contribution in [0.1, 0.15) is 39.5 Å². The van der Waals surface area contributed by atoms with Gasteiger partial charge in [-0.05, 0) is 57.4 Å². The summed E-state index contributed by atoms with van der Waals surface area (Å²) in [5.74, 6) is -1.88. The van der Waals surface area contributed by atoms with E-state index in [2.05, 4.69) is 10.0 Å². The average molecular weight is 368 g/mol. The van der Waals surface area contributed by atoms with E-state index >= 15 is 0 Å². The molecular weight excluding hydrogens is 344 g/mol. The highest BCUT2D eigenvalue weighted by Crippen LogP contribution is 2.30. The third-order valence-corrected chi connectivity index (χ3v) is 5.89. The Balaban J connectivity index is 2.01. The maximum absolute atomic E-state index is 12.3. The summed E-state index contributed by atoms with van der Waals surface area (Å²) in [6.07, 6.45) is 2.33. The molecule has 25 heavy (non-hydrogen) atoms. The lowest BCUT2D eigenvalue weighted by Gasteiger charge is -2.25. The molecule has 2 rings (SSSR count). The molecular formula is C17H24N2O5S. The van der Waals surface area contributed by atoms with Crippen molar-refractivity contribution in [3.63, 3.8) is 0 Å². The number of nitrogens with one attached hydrogen (secondary N) is 2. The number of amides is 1. The van der Waals surface area contributed by atoms with Gasteiger partial charge in [0.2, 0.25) is 15.9 Å². The monoisotopic (exact) mass is 368 g/mol. The topological polar surface area (TPSA) is 113 Å². The van der Waals surface area contributed by atoms with Crippen molar-refractivity contribution < 1.29 is 23.1 Å². The van der Waals surface area contributed by atoms with Gasteiger partial charge in [0, 0.05) is 17.6 Å². The number of carboxylic acids is 1. The maximum atomic E-state index is 12.3. The second-order valence-corrected chi connectivity index (χ2v) is 8.40. The lowest BCUT2D eigenvalue weighted by atomic mass is 9.81. The second kappa shape index (κ2) is 7.97. The first-order valence-electron chi connectivity index (χ1n) is 8.35. The van der Waals surface area contributed by atoms with Crippen LogP contribution in [0, 0.1) is 11.8 Å². The highest BCUT2D eigenvalue weighted by molar-refractivity contribution is 7.89. The van der Waals surface area contributed by atoms with Crippen molar-refractivity contribution in [3.8, 4) is 0 Å². The maximum Gasteiger partial charge on any atom is 0.306 e. The Morgan fingerprint density at radius 2 is 1.72 bits per heavy atom. The largest absolute Gasteiger partial charge is 0.481 e. The Morgan fingerprint density at radius 1 is 1.12 bits per heavy atom. The molecule has 0 bridgehead atoms. The van der Waals surface area contributed by atoms with Crippen molar-refractivity contribution in [3.05, 3.63) is 24.3 Å². The van der Waals surface area contributed by atoms with Gasteiger partial charge in [0.15, 0.2) is 0 Å². The van der Waals surface area contributed by atoms with Gasteiger partial charge in [-0.15, -0.1) is 0 Å². The first kappa shape index (κ1) is 19.4. The second-order valence-electron chi connectivity index (χ2n) is 6.69. The molecule has 1 aliphatic carbocycles. The third-order valence-electron chi connectivity index (χ3n) is 4.22. The van der Waals surface area contributed by atoms with E-state index in [0.717, 1.165) is 0 Å². The fourth-order valence-electron chi connectivity index (χ4n) is 2.99. The highest BCUT2D eigenvalue weighted by Gasteiger charge is 2.31. The SMILES string of the molecule is CC(C)NS(=O)(=O)c1ccc(NC(=O)C2CCCC(C(=O)O)C2)cc1. The van der Waals surface area contributed by atoms with E-state index in [4.69, 9.17) is 5.11 Å². The Kier molecular flexibility index (Phi) is 6.18. The number of aliphatic carboxylic acids is 1. The van der Waals surface area contributed by atoms with E-state index in [1.165, 1.54) is 24.3 Å². The van der Waals surface area contributed by atoms with Crippen molar-refractivity contribution >= 4 is 27.6 Å². The van der Waals surface area contributed by atoms with Crippen LogP contribution in [0.25, 0.3) is 0 Å². The summed E-state index contributed by atoms with van der Waals surface area (Å²) in [5.41, 5.74) is 0.492. The number of carbonyl (C=O) groups is 2. The molecule has 1 fully saturated rings. The molecule has 7 nitrogen and oxygen atoms in total. The van der Waals surface area contributed by atoms with Crippen molar-refractivity contribution in [1.29, 1.82) is 0 Å². The van der Waals surface area contributed by atoms with Gasteiger partial charge >= 0.3 is 5.97 Å². The zero-order valence-electron chi connectivity index (χ0n) is 14.4. The number of carboxylic acid groups (broad SMARTS) is 1. The highest BCUT2D eigenvalue weighted by atomic mass is 32.2. The van der Waals surface area contributed by atoms with Crippen molar-refractivity contribution in [2.45, 2.75) is 50.5 Å². The molecule has 0 heterocycles. The van der Waals surface area contributed by atoms with Gasteiger partial charge in [-0.2, -0.15) is 0 Å². The lowest BCUT2D eigenvalue weighted by Crippen LogP contribution is -2.31. The molecule has 3 N–H and O–H groups in total. The number of sulfonamides is 1. The van der Waals surface area contributed by atoms with Crippen molar-refractivity contribution in [2.24, 2.45) is 11.8 Å². The van der Waals surface area contributed by atoms with Crippen molar-refractivity contribution in [2.75, 3.05) is 5.32 Å². The van der Waals surface area contributed by atoms with Crippen LogP contribution < -0.4 is 10.0 Å². The summed E-state index contributed by atoms with van der Waals surface area (Å²) in [5, 5.41) is 11.8. The van der Waals surface area contributed by atoms with Crippen LogP contribution in [0.2, 0.25) is 0 Å². The fourth-order valence-corrected chi connectivity index (χ4v) is 4.24. The number of rotatable bonds is 6. The van der Waals surface area contributed by atoms with Crippen LogP contribution in [-0.2, 0) is 19.6 Å². The summed E-state index contributed by atoms with van der Waals surface area (Å²) >= 11 is 0. The number of anilines is 1. The summed E-state index contributed by atoms with van der Waals surface area (Å²) in [6, 6.07) is 5.72. The minimum absolute atomic E-state index is 0.128. The molecule has 1 aromatic rings. The van der Waals surface area contributed by atoms with E-state index < -0.39 is 21.9 Å². The quantitative estimate of drug-likeness (QED) is 0.712. The van der Waals surface area contributed by atoms with Crippen LogP contribution >= 0.6 is 0 Å². The summed E-state index contributed by atoms with van der Waals surface area (Å²) in [7, 11) is -3.57. The molecule has 0 spiro atoms. The minimum atomic E-state index is -3.57. The zero-order valence-corrected chi connectivity index (χ0v) is 15.2. The molecule has 8 heteroatoms. The van der Waals surface area contributed by atoms with E-state index in [1.807, 2.05) is 0 Å². The Morgan fingerprint density at radius 3 is 2.28 bits per heavy atom. The summed E-state index contributed by atoms with van der Waals surface area (Å²) in [4.78, 5) is 23.6. The van der Waals surface area contributed by atoms with Crippen LogP contribution in [0.15, 0.2) is 29.2 Å². The standard InChI is InChI=1S/C17H24N2O5S/c1-11(2)19-25(23,24)15-8-6-14(7-9-15)18-16(20)12-4-3-5-13(10-12)17(21)22/h6-9,11-13,19H,3-5,10H2,1-2H3,(H,18,20)(H,21,22). The Bertz CT molecular complexity index is 728. The number of hydrogen-bond acceptors (Lipinski definition) is 4. The molecule has 1 amide bonds. The van der Waals surface area contributed by atoms with E-state index in [-0.39, 0.29) is 22.8 Å². The van der Waals surface area contributed by atoms with Gasteiger partial charge in [-0.3, -0.25) is 9.59 Å². The molecule has 2 atom stereocenters. The number of carbonyl (C=O) groups excluding carboxylic acids is 1. The van der Waals surface area contributed by atoms with Crippen LogP contribution in [0.3, 0.4) is 0 Å². The Labute approximate surface area is 147 Å². The van der Waals surface area contributed by atoms with Gasteiger partial charge < -0.3 is 10.4 Å². The Hall–Kier alpha value is -1.93. The van der Waals surface area contributed by atoms with Gasteiger partial charge in [0.25, 0.3) is 0 Å². The number of hydrogen-bond donors (Lipinski definition) is 3. The molecule has 0 saturated heterocycles. The van der Waals surface area contributed by atoms with Crippen molar-refractivity contribution in [1.82, 2.24) is 4.72 Å². The smallest absolute Gasteiger partial charge is 0.306 e. The molecule has 1 aliphatic rings. The average Bonchev–Trinajstić information content (AvgIpc) is 2.54. The molecule has 138 valence electrons. The molecule has 1 aromatic carbocycles. The lowest BCUT2D eigenvalue weighted by molar-refractivity contribution is -0.143. The fraction of sp³-hybridized carbons (Fsp3) is 0.529. The predicted octanol–water partition coefficient (Wildman–Crippen LogP) is 2.20. The molecule has 2 unspecified atom stereocenters. The van der Waals surface area contributed by atoms with Gasteiger partial charge in [-0.1, -0.05) is 6.42 Å². The third kappa shape index (κ3) is 5.27. The van der Waals surface area contributed by atoms with Gasteiger partial charge in [0.1, 0.15) is 0 Å². The predicted molar refractivity (Wildman–Crippen MR) is 93.6 cm³/mol. The number of benzene rings is 1. The van der Waals surface area contributed by atoms with E-state index in [1.54, 1.807) is 13.8 Å². The van der Waals surface area contributed by atoms with Gasteiger partial charge in [-0.25, -0.2) is 13.1 Å². The summed E-state index contributed by atoms with van der Waals surface area (Å²) < 4.78 is 26.6. The summed E-state index contributed by atoms with van der Waals surface area (Å²) in [6.45, 7) is 3.47. The molecule has 0 aliphatic heterocycles. The van der Waals surface area contributed by atoms with Crippen LogP contribution in [-0.4, -0.2) is 31.4 Å². The zero-order chi connectivity index (χ0) is 18.6. The van der Waals surface area contributed by atoms with E-state index in [0.29, 0.717) is 31.4 Å². The van der Waals surface area contributed by atoms with Gasteiger partial charge in [0.05, 0.1) is 10.8 Å². The first-order chi connectivity index (χ1) is 11.7. The van der Waals surface area contributed by atoms with E-state index in [9.17, 15) is 18.0 Å².